The molecule has 9 heteroatoms. The first-order valence-electron chi connectivity index (χ1n) is 8.57. The van der Waals surface area contributed by atoms with Crippen LogP contribution in [-0.4, -0.2) is 79.1 Å². The van der Waals surface area contributed by atoms with E-state index in [0.29, 0.717) is 30.2 Å². The van der Waals surface area contributed by atoms with E-state index in [1.54, 1.807) is 38.3 Å². The highest BCUT2D eigenvalue weighted by Crippen LogP contribution is 2.25. The van der Waals surface area contributed by atoms with Crippen LogP contribution in [0.15, 0.2) is 29.2 Å². The summed E-state index contributed by atoms with van der Waals surface area (Å²) in [5, 5.41) is 11.9. The Balaban J connectivity index is 2.04. The SMILES string of the molecule is COCCNC(=O)CSc1ccccc1C(=O)N1CC(C(=O)O)O[C@H](C)C1. The molecule has 1 fully saturated rings. The molecule has 1 aromatic rings. The third kappa shape index (κ3) is 6.23. The van der Waals surface area contributed by atoms with Crippen LogP contribution in [0.5, 0.6) is 0 Å². The minimum absolute atomic E-state index is 0.00495. The third-order valence-corrected chi connectivity index (χ3v) is 5.00. The molecule has 0 aliphatic carbocycles. The molecule has 0 bridgehead atoms. The Morgan fingerprint density at radius 1 is 1.33 bits per heavy atom. The van der Waals surface area contributed by atoms with Gasteiger partial charge in [-0.25, -0.2) is 4.79 Å². The number of thioether (sulfide) groups is 1. The number of nitrogens with zero attached hydrogens (tertiary/aromatic N) is 1. The molecule has 1 aromatic carbocycles. The van der Waals surface area contributed by atoms with Crippen molar-refractivity contribution in [1.29, 1.82) is 0 Å². The van der Waals surface area contributed by atoms with Crippen LogP contribution < -0.4 is 5.32 Å². The fourth-order valence-corrected chi connectivity index (χ4v) is 3.55. The van der Waals surface area contributed by atoms with Crippen LogP contribution in [0.25, 0.3) is 0 Å². The first-order valence-corrected chi connectivity index (χ1v) is 9.56. The van der Waals surface area contributed by atoms with Gasteiger partial charge in [0.25, 0.3) is 5.91 Å². The Kier molecular flexibility index (Phi) is 8.08. The van der Waals surface area contributed by atoms with Gasteiger partial charge in [0.05, 0.1) is 30.6 Å². The Morgan fingerprint density at radius 3 is 2.78 bits per heavy atom. The molecule has 2 amide bonds. The van der Waals surface area contributed by atoms with E-state index >= 15 is 0 Å². The molecule has 1 aliphatic heterocycles. The van der Waals surface area contributed by atoms with Crippen molar-refractivity contribution < 1.29 is 29.0 Å². The zero-order chi connectivity index (χ0) is 19.8. The van der Waals surface area contributed by atoms with Gasteiger partial charge < -0.3 is 24.8 Å². The number of rotatable bonds is 8. The molecule has 1 unspecified atom stereocenters. The summed E-state index contributed by atoms with van der Waals surface area (Å²) in [5.41, 5.74) is 0.449. The number of ether oxygens (including phenoxy) is 2. The first kappa shape index (κ1) is 21.2. The highest BCUT2D eigenvalue weighted by atomic mass is 32.2. The van der Waals surface area contributed by atoms with Crippen molar-refractivity contribution in [3.05, 3.63) is 29.8 Å². The number of aliphatic carboxylic acids is 1. The average Bonchev–Trinajstić information content (AvgIpc) is 2.65. The summed E-state index contributed by atoms with van der Waals surface area (Å²) < 4.78 is 10.2. The molecule has 8 nitrogen and oxygen atoms in total. The fourth-order valence-electron chi connectivity index (χ4n) is 2.68. The monoisotopic (exact) mass is 396 g/mol. The van der Waals surface area contributed by atoms with Gasteiger partial charge in [0.1, 0.15) is 0 Å². The van der Waals surface area contributed by atoms with Crippen molar-refractivity contribution in [2.24, 2.45) is 0 Å². The smallest absolute Gasteiger partial charge is 0.334 e. The molecule has 0 aromatic heterocycles. The molecule has 1 heterocycles. The van der Waals surface area contributed by atoms with Crippen LogP contribution >= 0.6 is 11.8 Å². The van der Waals surface area contributed by atoms with Crippen molar-refractivity contribution in [1.82, 2.24) is 10.2 Å². The summed E-state index contributed by atoms with van der Waals surface area (Å²) in [6.45, 7) is 2.92. The van der Waals surface area contributed by atoms with Gasteiger partial charge >= 0.3 is 5.97 Å². The number of carboxylic acids is 1. The average molecular weight is 396 g/mol. The number of hydrogen-bond donors (Lipinski definition) is 2. The van der Waals surface area contributed by atoms with Crippen LogP contribution in [0.3, 0.4) is 0 Å². The van der Waals surface area contributed by atoms with Crippen molar-refractivity contribution >= 4 is 29.5 Å². The Hall–Kier alpha value is -2.10. The van der Waals surface area contributed by atoms with Gasteiger partial charge in [-0.2, -0.15) is 0 Å². The van der Waals surface area contributed by atoms with Crippen LogP contribution in [0.1, 0.15) is 17.3 Å². The number of carbonyl (C=O) groups excluding carboxylic acids is 2. The number of methoxy groups -OCH3 is 1. The van der Waals surface area contributed by atoms with E-state index in [4.69, 9.17) is 9.47 Å². The van der Waals surface area contributed by atoms with E-state index in [0.717, 1.165) is 0 Å². The van der Waals surface area contributed by atoms with E-state index in [1.807, 2.05) is 0 Å². The predicted octanol–water partition coefficient (Wildman–Crippen LogP) is 0.855. The second-order valence-corrected chi connectivity index (χ2v) is 7.13. The van der Waals surface area contributed by atoms with Crippen LogP contribution in [0, 0.1) is 0 Å². The van der Waals surface area contributed by atoms with Gasteiger partial charge in [-0.1, -0.05) is 12.1 Å². The van der Waals surface area contributed by atoms with Crippen molar-refractivity contribution in [2.45, 2.75) is 24.0 Å². The molecule has 1 aliphatic rings. The first-order chi connectivity index (χ1) is 12.9. The predicted molar refractivity (Wildman–Crippen MR) is 99.9 cm³/mol. The highest BCUT2D eigenvalue weighted by molar-refractivity contribution is 8.00. The fraction of sp³-hybridized carbons (Fsp3) is 0.500. The second-order valence-electron chi connectivity index (χ2n) is 6.11. The lowest BCUT2D eigenvalue weighted by atomic mass is 10.1. The maximum Gasteiger partial charge on any atom is 0.334 e. The van der Waals surface area contributed by atoms with Crippen LogP contribution in [-0.2, 0) is 19.1 Å². The molecule has 2 N–H and O–H groups in total. The molecule has 1 saturated heterocycles. The van der Waals surface area contributed by atoms with Crippen molar-refractivity contribution in [3.8, 4) is 0 Å². The molecule has 148 valence electrons. The number of hydrogen-bond acceptors (Lipinski definition) is 6. The van der Waals surface area contributed by atoms with E-state index in [-0.39, 0.29) is 30.2 Å². The number of carbonyl (C=O) groups is 3. The summed E-state index contributed by atoms with van der Waals surface area (Å²) >= 11 is 1.27. The van der Waals surface area contributed by atoms with Gasteiger partial charge in [-0.05, 0) is 19.1 Å². The van der Waals surface area contributed by atoms with Gasteiger partial charge in [-0.3, -0.25) is 9.59 Å². The van der Waals surface area contributed by atoms with Gasteiger partial charge in [0.2, 0.25) is 5.91 Å². The third-order valence-electron chi connectivity index (χ3n) is 3.93. The van der Waals surface area contributed by atoms with E-state index in [1.165, 1.54) is 16.7 Å². The quantitative estimate of drug-likeness (QED) is 0.496. The lowest BCUT2D eigenvalue weighted by Gasteiger charge is -2.35. The molecular weight excluding hydrogens is 372 g/mol. The number of benzene rings is 1. The molecule has 0 radical (unpaired) electrons. The number of morpholine rings is 1. The van der Waals surface area contributed by atoms with Crippen LogP contribution in [0.2, 0.25) is 0 Å². The topological polar surface area (TPSA) is 105 Å². The molecule has 0 spiro atoms. The lowest BCUT2D eigenvalue weighted by molar-refractivity contribution is -0.160. The Morgan fingerprint density at radius 2 is 2.07 bits per heavy atom. The summed E-state index contributed by atoms with van der Waals surface area (Å²) in [6, 6.07) is 7.00. The molecular formula is C18H24N2O6S. The molecule has 27 heavy (non-hydrogen) atoms. The van der Waals surface area contributed by atoms with E-state index in [9.17, 15) is 19.5 Å². The number of carboxylic acid groups (broad SMARTS) is 1. The van der Waals surface area contributed by atoms with Crippen molar-refractivity contribution in [3.63, 3.8) is 0 Å². The van der Waals surface area contributed by atoms with E-state index in [2.05, 4.69) is 5.32 Å². The van der Waals surface area contributed by atoms with Gasteiger partial charge in [0, 0.05) is 25.1 Å². The molecule has 2 rings (SSSR count). The maximum absolute atomic E-state index is 12.9. The minimum atomic E-state index is -1.09. The summed E-state index contributed by atoms with van der Waals surface area (Å²) in [5.74, 6) is -1.33. The standard InChI is InChI=1S/C18H24N2O6S/c1-12-9-20(10-14(26-12)18(23)24)17(22)13-5-3-4-6-15(13)27-11-16(21)19-7-8-25-2/h3-6,12,14H,7-11H2,1-2H3,(H,19,21)(H,23,24)/t12-,14?/m1/s1. The summed E-state index contributed by atoms with van der Waals surface area (Å²) in [6.07, 6.45) is -1.40. The van der Waals surface area contributed by atoms with Crippen molar-refractivity contribution in [2.75, 3.05) is 39.1 Å². The zero-order valence-corrected chi connectivity index (χ0v) is 16.2. The van der Waals surface area contributed by atoms with Crippen LogP contribution in [0.4, 0.5) is 0 Å². The molecule has 0 saturated carbocycles. The highest BCUT2D eigenvalue weighted by Gasteiger charge is 2.33. The lowest BCUT2D eigenvalue weighted by Crippen LogP contribution is -2.51. The maximum atomic E-state index is 12.9. The summed E-state index contributed by atoms with van der Waals surface area (Å²) in [7, 11) is 1.56. The minimum Gasteiger partial charge on any atom is -0.479 e. The number of amides is 2. The Bertz CT molecular complexity index is 684. The zero-order valence-electron chi connectivity index (χ0n) is 15.3. The number of nitrogens with one attached hydrogen (secondary N) is 1. The largest absolute Gasteiger partial charge is 0.479 e. The Labute approximate surface area is 162 Å². The summed E-state index contributed by atoms with van der Waals surface area (Å²) in [4.78, 5) is 38.2. The van der Waals surface area contributed by atoms with Gasteiger partial charge in [-0.15, -0.1) is 11.8 Å². The second kappa shape index (κ2) is 10.3. The normalized spacial score (nSPS) is 19.6. The van der Waals surface area contributed by atoms with Gasteiger partial charge in [0.15, 0.2) is 6.10 Å². The molecule has 2 atom stereocenters. The van der Waals surface area contributed by atoms with E-state index < -0.39 is 12.1 Å².